The first-order valence-electron chi connectivity index (χ1n) is 5.39. The monoisotopic (exact) mass is 239 g/mol. The third kappa shape index (κ3) is 2.51. The van der Waals surface area contributed by atoms with Crippen molar-refractivity contribution >= 4 is 11.8 Å². The van der Waals surface area contributed by atoms with E-state index >= 15 is 0 Å². The molecule has 1 saturated heterocycles. The lowest BCUT2D eigenvalue weighted by molar-refractivity contribution is 0.0275. The van der Waals surface area contributed by atoms with Crippen LogP contribution < -0.4 is 10.1 Å². The lowest BCUT2D eigenvalue weighted by Gasteiger charge is -2.24. The largest absolute Gasteiger partial charge is 0.496 e. The maximum absolute atomic E-state index is 5.71. The Morgan fingerprint density at radius 2 is 2.38 bits per heavy atom. The highest BCUT2D eigenvalue weighted by Gasteiger charge is 2.16. The predicted molar refractivity (Wildman–Crippen MR) is 66.3 cm³/mol. The van der Waals surface area contributed by atoms with Crippen molar-refractivity contribution in [1.29, 1.82) is 0 Å². The van der Waals surface area contributed by atoms with Gasteiger partial charge in [-0.05, 0) is 24.0 Å². The molecule has 1 atom stereocenters. The Balaban J connectivity index is 2.20. The first-order valence-corrected chi connectivity index (χ1v) is 6.62. The molecule has 88 valence electrons. The summed E-state index contributed by atoms with van der Waals surface area (Å²) >= 11 is 1.69. The van der Waals surface area contributed by atoms with Crippen molar-refractivity contribution < 1.29 is 9.47 Å². The van der Waals surface area contributed by atoms with Gasteiger partial charge in [-0.1, -0.05) is 6.07 Å². The summed E-state index contributed by atoms with van der Waals surface area (Å²) in [5.41, 5.74) is 1.18. The first-order chi connectivity index (χ1) is 7.85. The van der Waals surface area contributed by atoms with E-state index in [9.17, 15) is 0 Å². The number of thioether (sulfide) groups is 1. The molecule has 1 unspecified atom stereocenters. The number of ether oxygens (including phenoxy) is 2. The Labute approximate surface area is 101 Å². The number of methoxy groups -OCH3 is 1. The number of nitrogens with one attached hydrogen (secondary N) is 1. The van der Waals surface area contributed by atoms with Crippen LogP contribution in [0.25, 0.3) is 0 Å². The normalized spacial score (nSPS) is 20.8. The van der Waals surface area contributed by atoms with Gasteiger partial charge in [0.25, 0.3) is 0 Å². The van der Waals surface area contributed by atoms with E-state index in [1.54, 1.807) is 18.9 Å². The van der Waals surface area contributed by atoms with Crippen molar-refractivity contribution in [2.45, 2.75) is 11.0 Å². The molecule has 3 nitrogen and oxygen atoms in total. The van der Waals surface area contributed by atoms with Crippen LogP contribution >= 0.6 is 11.8 Å². The van der Waals surface area contributed by atoms with E-state index < -0.39 is 0 Å². The molecule has 1 fully saturated rings. The Morgan fingerprint density at radius 3 is 3.00 bits per heavy atom. The number of hydrogen-bond acceptors (Lipinski definition) is 4. The molecule has 1 heterocycles. The van der Waals surface area contributed by atoms with Gasteiger partial charge in [0.1, 0.15) is 5.75 Å². The molecule has 0 radical (unpaired) electrons. The SMILES string of the molecule is COc1cc(C2CNCCO2)ccc1SC. The highest BCUT2D eigenvalue weighted by molar-refractivity contribution is 7.98. The first kappa shape index (κ1) is 11.8. The zero-order valence-electron chi connectivity index (χ0n) is 9.66. The van der Waals surface area contributed by atoms with Crippen molar-refractivity contribution in [2.24, 2.45) is 0 Å². The molecule has 0 amide bonds. The number of morpholine rings is 1. The van der Waals surface area contributed by atoms with Crippen LogP contribution in [-0.2, 0) is 4.74 Å². The average molecular weight is 239 g/mol. The fourth-order valence-corrected chi connectivity index (χ4v) is 2.38. The van der Waals surface area contributed by atoms with Gasteiger partial charge in [0.05, 0.1) is 19.8 Å². The van der Waals surface area contributed by atoms with Gasteiger partial charge in [-0.15, -0.1) is 11.8 Å². The standard InChI is InChI=1S/C12H17NO2S/c1-14-10-7-9(3-4-12(10)16-2)11-8-13-5-6-15-11/h3-4,7,11,13H,5-6,8H2,1-2H3. The van der Waals surface area contributed by atoms with E-state index in [4.69, 9.17) is 9.47 Å². The molecule has 0 saturated carbocycles. The van der Waals surface area contributed by atoms with Crippen LogP contribution in [0.15, 0.2) is 23.1 Å². The molecule has 0 aliphatic carbocycles. The molecule has 0 spiro atoms. The zero-order chi connectivity index (χ0) is 11.4. The molecule has 1 aromatic carbocycles. The lowest BCUT2D eigenvalue weighted by Crippen LogP contribution is -2.33. The highest BCUT2D eigenvalue weighted by atomic mass is 32.2. The molecule has 1 aliphatic rings. The average Bonchev–Trinajstić information content (AvgIpc) is 2.39. The van der Waals surface area contributed by atoms with E-state index in [0.29, 0.717) is 0 Å². The molecule has 1 aliphatic heterocycles. The van der Waals surface area contributed by atoms with Crippen LogP contribution in [-0.4, -0.2) is 33.1 Å². The van der Waals surface area contributed by atoms with Crippen molar-refractivity contribution in [3.63, 3.8) is 0 Å². The van der Waals surface area contributed by atoms with Crippen LogP contribution in [0.2, 0.25) is 0 Å². The maximum Gasteiger partial charge on any atom is 0.132 e. The molecule has 16 heavy (non-hydrogen) atoms. The molecular formula is C12H17NO2S. The van der Waals surface area contributed by atoms with E-state index in [2.05, 4.69) is 29.8 Å². The second-order valence-corrected chi connectivity index (χ2v) is 4.53. The molecule has 0 aromatic heterocycles. The van der Waals surface area contributed by atoms with Crippen LogP contribution in [0.5, 0.6) is 5.75 Å². The number of rotatable bonds is 3. The van der Waals surface area contributed by atoms with Crippen LogP contribution in [0.1, 0.15) is 11.7 Å². The quantitative estimate of drug-likeness (QED) is 0.818. The smallest absolute Gasteiger partial charge is 0.132 e. The second-order valence-electron chi connectivity index (χ2n) is 3.68. The summed E-state index contributed by atoms with van der Waals surface area (Å²) in [4.78, 5) is 1.16. The molecule has 2 rings (SSSR count). The van der Waals surface area contributed by atoms with E-state index in [1.807, 2.05) is 0 Å². The minimum atomic E-state index is 0.151. The number of benzene rings is 1. The molecule has 1 aromatic rings. The summed E-state index contributed by atoms with van der Waals surface area (Å²) in [7, 11) is 1.71. The topological polar surface area (TPSA) is 30.5 Å². The minimum absolute atomic E-state index is 0.151. The van der Waals surface area contributed by atoms with Gasteiger partial charge in [-0.25, -0.2) is 0 Å². The summed E-state index contributed by atoms with van der Waals surface area (Å²) in [6.07, 6.45) is 2.20. The molecular weight excluding hydrogens is 222 g/mol. The second kappa shape index (κ2) is 5.57. The Hall–Kier alpha value is -0.710. The summed E-state index contributed by atoms with van der Waals surface area (Å²) < 4.78 is 11.1. The fraction of sp³-hybridized carbons (Fsp3) is 0.500. The zero-order valence-corrected chi connectivity index (χ0v) is 10.5. The molecule has 1 N–H and O–H groups in total. The Bertz CT molecular complexity index is 351. The van der Waals surface area contributed by atoms with Crippen molar-refractivity contribution in [3.05, 3.63) is 23.8 Å². The van der Waals surface area contributed by atoms with E-state index in [0.717, 1.165) is 30.3 Å². The van der Waals surface area contributed by atoms with Gasteiger partial charge < -0.3 is 14.8 Å². The van der Waals surface area contributed by atoms with Crippen LogP contribution in [0.3, 0.4) is 0 Å². The van der Waals surface area contributed by atoms with Crippen molar-refractivity contribution in [2.75, 3.05) is 33.1 Å². The van der Waals surface area contributed by atoms with Gasteiger partial charge in [-0.2, -0.15) is 0 Å². The van der Waals surface area contributed by atoms with E-state index in [1.165, 1.54) is 5.56 Å². The summed E-state index contributed by atoms with van der Waals surface area (Å²) in [5.74, 6) is 0.930. The minimum Gasteiger partial charge on any atom is -0.496 e. The third-order valence-corrected chi connectivity index (χ3v) is 3.48. The van der Waals surface area contributed by atoms with Crippen LogP contribution in [0.4, 0.5) is 0 Å². The van der Waals surface area contributed by atoms with Gasteiger partial charge >= 0.3 is 0 Å². The Kier molecular flexibility index (Phi) is 4.09. The Morgan fingerprint density at radius 1 is 1.50 bits per heavy atom. The van der Waals surface area contributed by atoms with Crippen LogP contribution in [0, 0.1) is 0 Å². The number of hydrogen-bond donors (Lipinski definition) is 1. The van der Waals surface area contributed by atoms with Gasteiger partial charge in [-0.3, -0.25) is 0 Å². The van der Waals surface area contributed by atoms with Gasteiger partial charge in [0.15, 0.2) is 0 Å². The maximum atomic E-state index is 5.71. The van der Waals surface area contributed by atoms with Crippen molar-refractivity contribution in [3.8, 4) is 5.75 Å². The molecule has 4 heteroatoms. The van der Waals surface area contributed by atoms with Gasteiger partial charge in [0, 0.05) is 18.0 Å². The fourth-order valence-electron chi connectivity index (χ4n) is 1.83. The molecule has 0 bridgehead atoms. The highest BCUT2D eigenvalue weighted by Crippen LogP contribution is 2.31. The summed E-state index contributed by atoms with van der Waals surface area (Å²) in [6, 6.07) is 6.28. The summed E-state index contributed by atoms with van der Waals surface area (Å²) in [6.45, 7) is 2.59. The summed E-state index contributed by atoms with van der Waals surface area (Å²) in [5, 5.41) is 3.33. The van der Waals surface area contributed by atoms with Gasteiger partial charge in [0.2, 0.25) is 0 Å². The van der Waals surface area contributed by atoms with Crippen molar-refractivity contribution in [1.82, 2.24) is 5.32 Å². The predicted octanol–water partition coefficient (Wildman–Crippen LogP) is 2.08. The third-order valence-electron chi connectivity index (χ3n) is 2.71. The lowest BCUT2D eigenvalue weighted by atomic mass is 10.1. The van der Waals surface area contributed by atoms with E-state index in [-0.39, 0.29) is 6.10 Å².